The summed E-state index contributed by atoms with van der Waals surface area (Å²) in [5, 5.41) is 10.5. The van der Waals surface area contributed by atoms with Gasteiger partial charge in [-0.25, -0.2) is 4.39 Å². The third-order valence-corrected chi connectivity index (χ3v) is 7.13. The number of hydrogen-bond acceptors (Lipinski definition) is 4. The number of aliphatic hydroxyl groups is 1. The quantitative estimate of drug-likeness (QED) is 0.558. The molecule has 2 saturated heterocycles. The third-order valence-electron chi connectivity index (χ3n) is 7.13. The Morgan fingerprint density at radius 2 is 1.55 bits per heavy atom. The number of aliphatic hydroxyl groups excluding tert-OH is 1. The van der Waals surface area contributed by atoms with Crippen LogP contribution in [0.5, 0.6) is 0 Å². The van der Waals surface area contributed by atoms with Gasteiger partial charge in [0, 0.05) is 42.7 Å². The lowest BCUT2D eigenvalue weighted by Crippen LogP contribution is -2.42. The molecule has 5 rings (SSSR count). The zero-order valence-electron chi connectivity index (χ0n) is 19.1. The number of nitrogens with one attached hydrogen (secondary N) is 1. The number of halogens is 1. The summed E-state index contributed by atoms with van der Waals surface area (Å²) in [6.45, 7) is 5.81. The molecule has 33 heavy (non-hydrogen) atoms. The van der Waals surface area contributed by atoms with Crippen LogP contribution in [-0.4, -0.2) is 70.2 Å². The highest BCUT2D eigenvalue weighted by Crippen LogP contribution is 2.37. The van der Waals surface area contributed by atoms with Crippen molar-refractivity contribution in [3.63, 3.8) is 0 Å². The van der Waals surface area contributed by atoms with Crippen molar-refractivity contribution < 1.29 is 9.50 Å². The Morgan fingerprint density at radius 1 is 0.909 bits per heavy atom. The van der Waals surface area contributed by atoms with Crippen LogP contribution in [0.2, 0.25) is 0 Å². The summed E-state index contributed by atoms with van der Waals surface area (Å²) in [5.74, 6) is 0.224. The second kappa shape index (κ2) is 10.2. The monoisotopic (exact) mass is 448 g/mol. The molecule has 1 aromatic carbocycles. The van der Waals surface area contributed by atoms with Gasteiger partial charge in [-0.05, 0) is 105 Å². The zero-order chi connectivity index (χ0) is 22.6. The molecule has 1 atom stereocenters. The first kappa shape index (κ1) is 22.3. The van der Waals surface area contributed by atoms with Gasteiger partial charge < -0.3 is 19.9 Å². The minimum Gasteiger partial charge on any atom is -0.390 e. The fraction of sp³-hybridized carbons (Fsp3) is 0.444. The van der Waals surface area contributed by atoms with E-state index in [2.05, 4.69) is 25.8 Å². The molecule has 2 aromatic heterocycles. The van der Waals surface area contributed by atoms with Gasteiger partial charge in [-0.1, -0.05) is 0 Å². The molecule has 2 N–H and O–H groups in total. The Balaban J connectivity index is 1.28. The lowest BCUT2D eigenvalue weighted by Gasteiger charge is -2.33. The van der Waals surface area contributed by atoms with E-state index >= 15 is 0 Å². The molecule has 0 radical (unpaired) electrons. The summed E-state index contributed by atoms with van der Waals surface area (Å²) in [7, 11) is 0. The van der Waals surface area contributed by atoms with Crippen LogP contribution >= 0.6 is 0 Å². The predicted molar refractivity (Wildman–Crippen MR) is 130 cm³/mol. The third kappa shape index (κ3) is 5.35. The fourth-order valence-electron chi connectivity index (χ4n) is 5.34. The van der Waals surface area contributed by atoms with Crippen molar-refractivity contribution in [1.82, 2.24) is 19.8 Å². The van der Waals surface area contributed by atoms with Crippen LogP contribution in [0.4, 0.5) is 4.39 Å². The molecular formula is C27H33FN4O. The summed E-state index contributed by atoms with van der Waals surface area (Å²) in [4.78, 5) is 12.6. The Morgan fingerprint density at radius 3 is 2.21 bits per heavy atom. The van der Waals surface area contributed by atoms with Crippen molar-refractivity contribution in [3.8, 4) is 22.4 Å². The Labute approximate surface area is 195 Å². The molecule has 174 valence electrons. The molecular weight excluding hydrogens is 415 g/mol. The molecule has 1 unspecified atom stereocenters. The highest BCUT2D eigenvalue weighted by Gasteiger charge is 2.26. The van der Waals surface area contributed by atoms with E-state index in [4.69, 9.17) is 0 Å². The molecule has 0 bridgehead atoms. The number of nitrogens with zero attached hydrogens (tertiary/aromatic N) is 3. The van der Waals surface area contributed by atoms with Crippen LogP contribution in [0.1, 0.15) is 37.3 Å². The number of hydrogen-bond donors (Lipinski definition) is 2. The molecule has 2 aliphatic rings. The van der Waals surface area contributed by atoms with E-state index in [-0.39, 0.29) is 11.9 Å². The van der Waals surface area contributed by atoms with Gasteiger partial charge in [-0.15, -0.1) is 0 Å². The van der Waals surface area contributed by atoms with Crippen LogP contribution in [0.3, 0.4) is 0 Å². The van der Waals surface area contributed by atoms with Gasteiger partial charge in [0.25, 0.3) is 0 Å². The van der Waals surface area contributed by atoms with Crippen molar-refractivity contribution in [1.29, 1.82) is 0 Å². The fourth-order valence-corrected chi connectivity index (χ4v) is 5.34. The van der Waals surface area contributed by atoms with E-state index in [1.54, 1.807) is 0 Å². The van der Waals surface area contributed by atoms with Crippen LogP contribution in [0.25, 0.3) is 22.4 Å². The van der Waals surface area contributed by atoms with E-state index in [1.807, 2.05) is 36.7 Å². The van der Waals surface area contributed by atoms with Crippen LogP contribution in [0.15, 0.2) is 54.9 Å². The molecule has 5 nitrogen and oxygen atoms in total. The van der Waals surface area contributed by atoms with Crippen molar-refractivity contribution in [2.45, 2.75) is 37.7 Å². The number of pyridine rings is 1. The Hall–Kier alpha value is -2.54. The highest BCUT2D eigenvalue weighted by atomic mass is 19.1. The van der Waals surface area contributed by atoms with Gasteiger partial charge in [0.1, 0.15) is 5.82 Å². The second-order valence-electron chi connectivity index (χ2n) is 9.49. The Kier molecular flexibility index (Phi) is 6.85. The minimum absolute atomic E-state index is 0.227. The largest absolute Gasteiger partial charge is 0.390 e. The smallest absolute Gasteiger partial charge is 0.123 e. The second-order valence-corrected chi connectivity index (χ2v) is 9.49. The van der Waals surface area contributed by atoms with Crippen molar-refractivity contribution in [2.24, 2.45) is 0 Å². The van der Waals surface area contributed by atoms with E-state index in [0.29, 0.717) is 5.92 Å². The van der Waals surface area contributed by atoms with Gasteiger partial charge in [-0.2, -0.15) is 0 Å². The number of β-amino-alcohol motifs (C(OH)–C–C–N with tert-alkyl or cyclic N) is 1. The summed E-state index contributed by atoms with van der Waals surface area (Å²) in [5.41, 5.74) is 5.48. The maximum absolute atomic E-state index is 13.5. The summed E-state index contributed by atoms with van der Waals surface area (Å²) < 4.78 is 13.5. The number of H-pyrrole nitrogens is 1. The lowest BCUT2D eigenvalue weighted by molar-refractivity contribution is 0.0709. The van der Waals surface area contributed by atoms with Crippen molar-refractivity contribution in [3.05, 3.63) is 66.4 Å². The SMILES string of the molecule is OC(CN1CCCC1)CN1CCC(c2cc(-c3ccncc3)c(-c3ccc(F)cc3)[nH]2)CC1. The van der Waals surface area contributed by atoms with Gasteiger partial charge >= 0.3 is 0 Å². The van der Waals surface area contributed by atoms with Gasteiger partial charge in [0.2, 0.25) is 0 Å². The first-order chi connectivity index (χ1) is 16.2. The first-order valence-corrected chi connectivity index (χ1v) is 12.2. The molecule has 2 fully saturated rings. The normalized spacial score (nSPS) is 19.2. The molecule has 0 aliphatic carbocycles. The number of piperidine rings is 1. The Bertz CT molecular complexity index is 1020. The van der Waals surface area contributed by atoms with E-state index in [0.717, 1.165) is 74.5 Å². The first-order valence-electron chi connectivity index (χ1n) is 12.2. The molecule has 3 aromatic rings. The average Bonchev–Trinajstić information content (AvgIpc) is 3.51. The highest BCUT2D eigenvalue weighted by molar-refractivity contribution is 5.82. The number of likely N-dealkylation sites (tertiary alicyclic amines) is 2. The molecule has 0 spiro atoms. The maximum atomic E-state index is 13.5. The van der Waals surface area contributed by atoms with E-state index < -0.39 is 0 Å². The van der Waals surface area contributed by atoms with Crippen molar-refractivity contribution >= 4 is 0 Å². The molecule has 0 saturated carbocycles. The number of benzene rings is 1. The average molecular weight is 449 g/mol. The topological polar surface area (TPSA) is 55.4 Å². The van der Waals surface area contributed by atoms with Gasteiger partial charge in [0.05, 0.1) is 11.8 Å². The standard InChI is InChI=1S/C27H33FN4O/c28-23-5-3-22(4-6-23)27-25(20-7-11-29-12-8-20)17-26(30-27)21-9-15-32(16-10-21)19-24(33)18-31-13-1-2-14-31/h3-8,11-12,17,21,24,30,33H,1-2,9-10,13-16,18-19H2. The van der Waals surface area contributed by atoms with Gasteiger partial charge in [0.15, 0.2) is 0 Å². The van der Waals surface area contributed by atoms with Crippen LogP contribution in [0, 0.1) is 5.82 Å². The molecule has 6 heteroatoms. The molecule has 0 amide bonds. The molecule has 4 heterocycles. The predicted octanol–water partition coefficient (Wildman–Crippen LogP) is 4.52. The summed E-state index contributed by atoms with van der Waals surface area (Å²) in [6.07, 6.45) is 8.00. The van der Waals surface area contributed by atoms with Crippen LogP contribution < -0.4 is 0 Å². The van der Waals surface area contributed by atoms with Gasteiger partial charge in [-0.3, -0.25) is 4.98 Å². The minimum atomic E-state index is -0.270. The molecule has 2 aliphatic heterocycles. The van der Waals surface area contributed by atoms with E-state index in [1.165, 1.54) is 30.7 Å². The lowest BCUT2D eigenvalue weighted by atomic mass is 9.92. The summed E-state index contributed by atoms with van der Waals surface area (Å²) >= 11 is 0. The maximum Gasteiger partial charge on any atom is 0.123 e. The summed E-state index contributed by atoms with van der Waals surface area (Å²) in [6, 6.07) is 13.0. The zero-order valence-corrected chi connectivity index (χ0v) is 19.1. The number of rotatable bonds is 7. The van der Waals surface area contributed by atoms with E-state index in [9.17, 15) is 9.50 Å². The number of aromatic nitrogens is 2. The number of aromatic amines is 1. The van der Waals surface area contributed by atoms with Crippen molar-refractivity contribution in [2.75, 3.05) is 39.3 Å². The van der Waals surface area contributed by atoms with Crippen LogP contribution in [-0.2, 0) is 0 Å².